The van der Waals surface area contributed by atoms with Gasteiger partial charge in [-0.2, -0.15) is 0 Å². The van der Waals surface area contributed by atoms with Crippen LogP contribution in [0, 0.1) is 17.3 Å². The molecular formula is C26H42N2O5S. The van der Waals surface area contributed by atoms with E-state index in [-0.39, 0.29) is 41.7 Å². The number of carbonyl (C=O) groups is 3. The Kier molecular flexibility index (Phi) is 7.83. The Morgan fingerprint density at radius 1 is 1.32 bits per heavy atom. The van der Waals surface area contributed by atoms with Gasteiger partial charge in [0, 0.05) is 30.5 Å². The van der Waals surface area contributed by atoms with Gasteiger partial charge < -0.3 is 19.6 Å². The van der Waals surface area contributed by atoms with E-state index in [1.165, 1.54) is 0 Å². The molecule has 3 heterocycles. The first-order valence-electron chi connectivity index (χ1n) is 12.5. The molecule has 3 saturated heterocycles. The molecular weight excluding hydrogens is 452 g/mol. The number of hydrogen-bond donors (Lipinski definition) is 1. The summed E-state index contributed by atoms with van der Waals surface area (Å²) in [5, 5.41) is 9.50. The van der Waals surface area contributed by atoms with Crippen LogP contribution in [0.1, 0.15) is 67.2 Å². The van der Waals surface area contributed by atoms with E-state index in [0.29, 0.717) is 19.5 Å². The monoisotopic (exact) mass is 494 g/mol. The van der Waals surface area contributed by atoms with Gasteiger partial charge in [0.05, 0.1) is 23.2 Å². The maximum Gasteiger partial charge on any atom is 0.310 e. The molecule has 2 bridgehead atoms. The number of thioether (sulfide) groups is 1. The zero-order chi connectivity index (χ0) is 25.5. The van der Waals surface area contributed by atoms with Crippen LogP contribution in [0.3, 0.4) is 0 Å². The van der Waals surface area contributed by atoms with Crippen LogP contribution < -0.4 is 0 Å². The van der Waals surface area contributed by atoms with Crippen LogP contribution in [0.25, 0.3) is 0 Å². The summed E-state index contributed by atoms with van der Waals surface area (Å²) in [6.45, 7) is 17.2. The minimum Gasteiger partial charge on any atom is -0.466 e. The molecule has 3 rings (SSSR count). The minimum absolute atomic E-state index is 0.00117. The molecule has 0 aromatic rings. The van der Waals surface area contributed by atoms with Crippen LogP contribution in [0.5, 0.6) is 0 Å². The molecule has 0 saturated carbocycles. The molecule has 0 aliphatic carbocycles. The minimum atomic E-state index is -0.662. The maximum atomic E-state index is 14.4. The number of amides is 2. The number of esters is 1. The van der Waals surface area contributed by atoms with Crippen molar-refractivity contribution in [1.82, 2.24) is 9.80 Å². The van der Waals surface area contributed by atoms with Crippen molar-refractivity contribution in [1.29, 1.82) is 0 Å². The Morgan fingerprint density at radius 3 is 2.56 bits per heavy atom. The maximum absolute atomic E-state index is 14.4. The number of aliphatic hydroxyl groups excluding tert-OH is 1. The van der Waals surface area contributed by atoms with Crippen molar-refractivity contribution in [2.45, 2.75) is 88.8 Å². The first-order chi connectivity index (χ1) is 15.8. The summed E-state index contributed by atoms with van der Waals surface area (Å²) in [4.78, 5) is 44.7. The van der Waals surface area contributed by atoms with Crippen molar-refractivity contribution in [3.63, 3.8) is 0 Å². The van der Waals surface area contributed by atoms with Gasteiger partial charge in [0.1, 0.15) is 6.04 Å². The van der Waals surface area contributed by atoms with E-state index in [1.807, 2.05) is 4.90 Å². The predicted molar refractivity (Wildman–Crippen MR) is 134 cm³/mol. The number of fused-ring (bicyclic) bond motifs is 1. The molecule has 3 aliphatic heterocycles. The molecule has 0 radical (unpaired) electrons. The van der Waals surface area contributed by atoms with Crippen LogP contribution in [0.2, 0.25) is 0 Å². The normalized spacial score (nSPS) is 30.4. The van der Waals surface area contributed by atoms with E-state index < -0.39 is 28.2 Å². The molecule has 5 atom stereocenters. The first kappa shape index (κ1) is 27.1. The summed E-state index contributed by atoms with van der Waals surface area (Å²) >= 11 is 1.65. The van der Waals surface area contributed by atoms with Gasteiger partial charge >= 0.3 is 5.97 Å². The van der Waals surface area contributed by atoms with E-state index in [9.17, 15) is 19.5 Å². The fraction of sp³-hybridized carbons (Fsp3) is 0.808. The lowest BCUT2D eigenvalue weighted by Gasteiger charge is -2.46. The summed E-state index contributed by atoms with van der Waals surface area (Å²) in [5.41, 5.74) is -0.451. The number of carbonyl (C=O) groups excluding carboxylic acids is 3. The van der Waals surface area contributed by atoms with Gasteiger partial charge in [-0.3, -0.25) is 14.4 Å². The van der Waals surface area contributed by atoms with Gasteiger partial charge in [-0.1, -0.05) is 26.8 Å². The Hall–Kier alpha value is -1.54. The van der Waals surface area contributed by atoms with Gasteiger partial charge in [-0.05, 0) is 51.9 Å². The van der Waals surface area contributed by atoms with E-state index in [0.717, 1.165) is 19.3 Å². The summed E-state index contributed by atoms with van der Waals surface area (Å²) in [5.74, 6) is -1.63. The lowest BCUT2D eigenvalue weighted by atomic mass is 9.71. The van der Waals surface area contributed by atoms with Crippen LogP contribution in [-0.2, 0) is 19.1 Å². The zero-order valence-electron chi connectivity index (χ0n) is 21.6. The van der Waals surface area contributed by atoms with Crippen molar-refractivity contribution < 1.29 is 24.2 Å². The highest BCUT2D eigenvalue weighted by atomic mass is 32.2. The fourth-order valence-corrected chi connectivity index (χ4v) is 8.93. The van der Waals surface area contributed by atoms with Crippen molar-refractivity contribution in [3.05, 3.63) is 12.7 Å². The molecule has 2 unspecified atom stereocenters. The fourth-order valence-electron chi connectivity index (χ4n) is 6.73. The summed E-state index contributed by atoms with van der Waals surface area (Å²) in [6.07, 6.45) is 4.44. The highest BCUT2D eigenvalue weighted by Gasteiger charge is 2.74. The van der Waals surface area contributed by atoms with Gasteiger partial charge in [0.15, 0.2) is 0 Å². The molecule has 2 amide bonds. The van der Waals surface area contributed by atoms with Crippen molar-refractivity contribution >= 4 is 29.5 Å². The molecule has 7 nitrogen and oxygen atoms in total. The number of rotatable bonds is 10. The third-order valence-corrected chi connectivity index (χ3v) is 9.37. The highest BCUT2D eigenvalue weighted by molar-refractivity contribution is 8.02. The second kappa shape index (κ2) is 9.84. The lowest BCUT2D eigenvalue weighted by Crippen LogP contribution is -2.60. The van der Waals surface area contributed by atoms with Crippen molar-refractivity contribution in [2.75, 3.05) is 26.3 Å². The zero-order valence-corrected chi connectivity index (χ0v) is 22.5. The van der Waals surface area contributed by atoms with E-state index in [1.54, 1.807) is 29.7 Å². The van der Waals surface area contributed by atoms with Crippen LogP contribution in [-0.4, -0.2) is 80.6 Å². The number of ether oxygens (including phenoxy) is 1. The molecule has 0 aromatic carbocycles. The molecule has 192 valence electrons. The third-order valence-electron chi connectivity index (χ3n) is 7.42. The van der Waals surface area contributed by atoms with Crippen LogP contribution in [0.15, 0.2) is 12.7 Å². The predicted octanol–water partition coefficient (Wildman–Crippen LogP) is 3.25. The largest absolute Gasteiger partial charge is 0.466 e. The van der Waals surface area contributed by atoms with Crippen LogP contribution >= 0.6 is 11.8 Å². The van der Waals surface area contributed by atoms with Gasteiger partial charge in [0.25, 0.3) is 0 Å². The average Bonchev–Trinajstić information content (AvgIpc) is 3.35. The highest BCUT2D eigenvalue weighted by Crippen LogP contribution is 2.66. The number of nitrogens with zero attached hydrogens (tertiary/aromatic N) is 2. The summed E-state index contributed by atoms with van der Waals surface area (Å²) in [7, 11) is 0. The number of hydrogen-bond acceptors (Lipinski definition) is 6. The van der Waals surface area contributed by atoms with Gasteiger partial charge in [-0.25, -0.2) is 0 Å². The van der Waals surface area contributed by atoms with E-state index in [4.69, 9.17) is 4.74 Å². The quantitative estimate of drug-likeness (QED) is 0.371. The molecule has 8 heteroatoms. The second-order valence-corrected chi connectivity index (χ2v) is 13.3. The molecule has 3 aliphatic rings. The number of likely N-dealkylation sites (tertiary alicyclic amines) is 1. The molecule has 1 spiro atoms. The van der Waals surface area contributed by atoms with Gasteiger partial charge in [0.2, 0.25) is 11.8 Å². The molecule has 1 N–H and O–H groups in total. The third kappa shape index (κ3) is 4.64. The summed E-state index contributed by atoms with van der Waals surface area (Å²) in [6, 6.07) is -0.662. The molecule has 3 fully saturated rings. The van der Waals surface area contributed by atoms with Crippen molar-refractivity contribution in [3.8, 4) is 0 Å². The van der Waals surface area contributed by atoms with E-state index >= 15 is 0 Å². The molecule has 34 heavy (non-hydrogen) atoms. The van der Waals surface area contributed by atoms with Gasteiger partial charge in [-0.15, -0.1) is 18.3 Å². The SMILES string of the molecule is C=CCN(C(=O)C1N(CCCO)C(=O)[C@@H]2[C@@H](C(=O)OCC)[C@H]3CCC12S3)C(C)(C)CC(C)(C)C. The standard InChI is InChI=1S/C26H42N2O5S/c1-8-13-28(25(6,7)16-24(3,4)5)22(31)20-26-12-11-17(34-26)18(23(32)33-9-2)19(26)21(30)27(20)14-10-15-29/h8,17-20,29H,1,9-16H2,2-7H3/t17-,18+,19+,20?,26?/m1/s1. The Balaban J connectivity index is 2.04. The average molecular weight is 495 g/mol. The Labute approximate surface area is 208 Å². The first-order valence-corrected chi connectivity index (χ1v) is 13.4. The van der Waals surface area contributed by atoms with E-state index in [2.05, 4.69) is 41.2 Å². The van der Waals surface area contributed by atoms with Crippen LogP contribution in [0.4, 0.5) is 0 Å². The summed E-state index contributed by atoms with van der Waals surface area (Å²) < 4.78 is 4.73. The lowest BCUT2D eigenvalue weighted by molar-refractivity contribution is -0.153. The Bertz CT molecular complexity index is 822. The smallest absolute Gasteiger partial charge is 0.310 e. The molecule has 0 aromatic heterocycles. The number of aliphatic hydroxyl groups is 1. The topological polar surface area (TPSA) is 87.2 Å². The van der Waals surface area contributed by atoms with Crippen molar-refractivity contribution in [2.24, 2.45) is 17.3 Å². The Morgan fingerprint density at radius 2 is 2.00 bits per heavy atom. The second-order valence-electron chi connectivity index (χ2n) is 11.7.